The van der Waals surface area contributed by atoms with Crippen molar-refractivity contribution < 1.29 is 9.53 Å². The molecule has 2 aliphatic heterocycles. The number of carbonyl (C=O) groups is 1. The summed E-state index contributed by atoms with van der Waals surface area (Å²) in [5, 5.41) is 3.48. The first kappa shape index (κ1) is 24.9. The van der Waals surface area contributed by atoms with Crippen molar-refractivity contribution in [1.29, 1.82) is 0 Å². The van der Waals surface area contributed by atoms with Crippen molar-refractivity contribution in [1.82, 2.24) is 20.0 Å². The highest BCUT2D eigenvalue weighted by Crippen LogP contribution is 2.17. The minimum Gasteiger partial charge on any atom is -0.379 e. The second kappa shape index (κ2) is 12.5. The second-order valence-corrected chi connectivity index (χ2v) is 7.61. The minimum absolute atomic E-state index is 0. The Kier molecular flexibility index (Phi) is 10.3. The molecular weight excluding hydrogens is 493 g/mol. The third-order valence-electron chi connectivity index (χ3n) is 5.94. The summed E-state index contributed by atoms with van der Waals surface area (Å²) in [6, 6.07) is 8.48. The Bertz CT molecular complexity index is 687. The molecule has 1 N–H and O–H groups in total. The fourth-order valence-electron chi connectivity index (χ4n) is 4.15. The Morgan fingerprint density at radius 3 is 2.43 bits per heavy atom. The molecule has 0 saturated carbocycles. The molecule has 0 spiro atoms. The van der Waals surface area contributed by atoms with E-state index in [9.17, 15) is 4.79 Å². The molecule has 2 saturated heterocycles. The summed E-state index contributed by atoms with van der Waals surface area (Å²) in [5.74, 6) is 1.04. The predicted molar refractivity (Wildman–Crippen MR) is 132 cm³/mol. The van der Waals surface area contributed by atoms with Crippen LogP contribution in [0.25, 0.3) is 0 Å². The van der Waals surface area contributed by atoms with E-state index in [4.69, 9.17) is 4.74 Å². The molecule has 168 valence electrons. The first-order chi connectivity index (χ1) is 14.2. The molecule has 2 heterocycles. The molecule has 30 heavy (non-hydrogen) atoms. The summed E-state index contributed by atoms with van der Waals surface area (Å²) in [5.41, 5.74) is 1.89. The van der Waals surface area contributed by atoms with Crippen molar-refractivity contribution in [2.75, 3.05) is 59.5 Å². The monoisotopic (exact) mass is 529 g/mol. The van der Waals surface area contributed by atoms with E-state index >= 15 is 0 Å². The van der Waals surface area contributed by atoms with Gasteiger partial charge >= 0.3 is 0 Å². The summed E-state index contributed by atoms with van der Waals surface area (Å²) >= 11 is 0. The molecule has 1 atom stereocenters. The van der Waals surface area contributed by atoms with Gasteiger partial charge in [0.25, 0.3) is 5.91 Å². The highest BCUT2D eigenvalue weighted by Gasteiger charge is 2.30. The maximum atomic E-state index is 12.4. The van der Waals surface area contributed by atoms with Crippen molar-refractivity contribution in [2.45, 2.75) is 32.9 Å². The predicted octanol–water partition coefficient (Wildman–Crippen LogP) is 2.27. The van der Waals surface area contributed by atoms with Crippen LogP contribution in [0.15, 0.2) is 29.3 Å². The van der Waals surface area contributed by atoms with Gasteiger partial charge in [-0.25, -0.2) is 0 Å². The van der Waals surface area contributed by atoms with Gasteiger partial charge < -0.3 is 19.9 Å². The lowest BCUT2D eigenvalue weighted by Gasteiger charge is -2.32. The average molecular weight is 529 g/mol. The molecule has 0 radical (unpaired) electrons. The van der Waals surface area contributed by atoms with Gasteiger partial charge in [0.15, 0.2) is 5.96 Å². The second-order valence-electron chi connectivity index (χ2n) is 7.61. The van der Waals surface area contributed by atoms with Gasteiger partial charge in [-0.15, -0.1) is 24.0 Å². The number of rotatable bonds is 6. The lowest BCUT2D eigenvalue weighted by Crippen LogP contribution is -2.46. The Morgan fingerprint density at radius 1 is 1.17 bits per heavy atom. The number of amides is 1. The molecule has 1 unspecified atom stereocenters. The van der Waals surface area contributed by atoms with Gasteiger partial charge in [-0.2, -0.15) is 0 Å². The number of ether oxygens (including phenoxy) is 1. The maximum absolute atomic E-state index is 12.4. The van der Waals surface area contributed by atoms with Crippen molar-refractivity contribution in [3.63, 3.8) is 0 Å². The number of nitrogens with one attached hydrogen (secondary N) is 1. The number of likely N-dealkylation sites (tertiary alicyclic amines) is 1. The van der Waals surface area contributed by atoms with Crippen LogP contribution in [0, 0.1) is 0 Å². The van der Waals surface area contributed by atoms with E-state index in [1.807, 2.05) is 50.1 Å². The highest BCUT2D eigenvalue weighted by molar-refractivity contribution is 14.0. The third kappa shape index (κ3) is 6.31. The van der Waals surface area contributed by atoms with Crippen molar-refractivity contribution in [3.8, 4) is 0 Å². The van der Waals surface area contributed by atoms with Crippen LogP contribution in [0.1, 0.15) is 36.2 Å². The van der Waals surface area contributed by atoms with E-state index in [0.29, 0.717) is 12.6 Å². The summed E-state index contributed by atoms with van der Waals surface area (Å²) < 4.78 is 5.48. The maximum Gasteiger partial charge on any atom is 0.253 e. The van der Waals surface area contributed by atoms with Crippen LogP contribution in [-0.2, 0) is 11.3 Å². The molecule has 2 fully saturated rings. The minimum atomic E-state index is 0. The van der Waals surface area contributed by atoms with E-state index in [1.54, 1.807) is 0 Å². The fourth-order valence-corrected chi connectivity index (χ4v) is 4.15. The number of hydrogen-bond acceptors (Lipinski definition) is 4. The Hall–Kier alpha value is -1.39. The van der Waals surface area contributed by atoms with Crippen LogP contribution in [0.4, 0.5) is 0 Å². The summed E-state index contributed by atoms with van der Waals surface area (Å²) in [6.45, 7) is 12.0. The van der Waals surface area contributed by atoms with Crippen LogP contribution in [0.3, 0.4) is 0 Å². The van der Waals surface area contributed by atoms with Crippen LogP contribution >= 0.6 is 24.0 Å². The largest absolute Gasteiger partial charge is 0.379 e. The zero-order chi connectivity index (χ0) is 20.6. The lowest BCUT2D eigenvalue weighted by atomic mass is 10.1. The molecule has 8 heteroatoms. The van der Waals surface area contributed by atoms with E-state index in [0.717, 1.165) is 69.6 Å². The van der Waals surface area contributed by atoms with Gasteiger partial charge in [-0.1, -0.05) is 12.1 Å². The van der Waals surface area contributed by atoms with Crippen molar-refractivity contribution in [3.05, 3.63) is 35.4 Å². The first-order valence-corrected chi connectivity index (χ1v) is 10.8. The van der Waals surface area contributed by atoms with Crippen LogP contribution in [0.5, 0.6) is 0 Å². The van der Waals surface area contributed by atoms with E-state index in [2.05, 4.69) is 20.1 Å². The first-order valence-electron chi connectivity index (χ1n) is 10.8. The topological polar surface area (TPSA) is 60.4 Å². The molecule has 0 aliphatic carbocycles. The number of carbonyl (C=O) groups excluding carboxylic acids is 1. The van der Waals surface area contributed by atoms with Gasteiger partial charge in [0.2, 0.25) is 0 Å². The normalized spacial score (nSPS) is 20.0. The van der Waals surface area contributed by atoms with Crippen LogP contribution in [-0.4, -0.2) is 92.1 Å². The van der Waals surface area contributed by atoms with Gasteiger partial charge in [0.05, 0.1) is 13.2 Å². The molecule has 0 aromatic heterocycles. The SMILES string of the molecule is CCN(CC)C(=O)c1ccc(CNC(=NC)N2CCC(N3CCOCC3)C2)cc1.I. The molecule has 1 aromatic rings. The fraction of sp³-hybridized carbons (Fsp3) is 0.636. The summed E-state index contributed by atoms with van der Waals surface area (Å²) in [7, 11) is 1.84. The van der Waals surface area contributed by atoms with Crippen molar-refractivity contribution in [2.24, 2.45) is 4.99 Å². The summed E-state index contributed by atoms with van der Waals surface area (Å²) in [4.78, 5) is 23.7. The molecule has 0 bridgehead atoms. The lowest BCUT2D eigenvalue weighted by molar-refractivity contribution is 0.0195. The number of nitrogens with zero attached hydrogens (tertiary/aromatic N) is 4. The summed E-state index contributed by atoms with van der Waals surface area (Å²) in [6.07, 6.45) is 1.17. The zero-order valence-electron chi connectivity index (χ0n) is 18.5. The quantitative estimate of drug-likeness (QED) is 0.348. The van der Waals surface area contributed by atoms with Gasteiger partial charge in [-0.05, 0) is 38.0 Å². The molecule has 7 nitrogen and oxygen atoms in total. The molecule has 3 rings (SSSR count). The Balaban J connectivity index is 0.00000320. The standard InChI is InChI=1S/C22H35N5O2.HI/c1-4-25(5-2)21(28)19-8-6-18(7-9-19)16-24-22(23-3)27-11-10-20(17-27)26-12-14-29-15-13-26;/h6-9,20H,4-5,10-17H2,1-3H3,(H,23,24);1H. The number of morpholine rings is 1. The number of benzene rings is 1. The number of aliphatic imine (C=N–C) groups is 1. The number of hydrogen-bond donors (Lipinski definition) is 1. The molecule has 1 amide bonds. The van der Waals surface area contributed by atoms with Crippen LogP contribution in [0.2, 0.25) is 0 Å². The average Bonchev–Trinajstić information content (AvgIpc) is 3.26. The van der Waals surface area contributed by atoms with Gasteiger partial charge in [0.1, 0.15) is 0 Å². The van der Waals surface area contributed by atoms with E-state index in [1.165, 1.54) is 6.42 Å². The number of halogens is 1. The molecule has 2 aliphatic rings. The van der Waals surface area contributed by atoms with Gasteiger partial charge in [-0.3, -0.25) is 14.7 Å². The molecule has 1 aromatic carbocycles. The Labute approximate surface area is 197 Å². The zero-order valence-corrected chi connectivity index (χ0v) is 20.8. The van der Waals surface area contributed by atoms with E-state index < -0.39 is 0 Å². The highest BCUT2D eigenvalue weighted by atomic mass is 127. The smallest absolute Gasteiger partial charge is 0.253 e. The van der Waals surface area contributed by atoms with E-state index in [-0.39, 0.29) is 29.9 Å². The number of guanidine groups is 1. The van der Waals surface area contributed by atoms with Crippen molar-refractivity contribution >= 4 is 35.8 Å². The molecular formula is C22H36IN5O2. The van der Waals surface area contributed by atoms with Crippen LogP contribution < -0.4 is 5.32 Å². The van der Waals surface area contributed by atoms with Gasteiger partial charge in [0, 0.05) is 64.5 Å². The Morgan fingerprint density at radius 2 is 1.83 bits per heavy atom. The third-order valence-corrected chi connectivity index (χ3v) is 5.94.